The Hall–Kier alpha value is -2.52. The van der Waals surface area contributed by atoms with E-state index in [0.717, 1.165) is 59.5 Å². The average Bonchev–Trinajstić information content (AvgIpc) is 3.29. The molecule has 2 aliphatic rings. The number of fused-ring (bicyclic) bond motifs is 3. The zero-order valence-corrected chi connectivity index (χ0v) is 16.4. The number of carbonyl (C=O) groups excluding carboxylic acids is 1. The van der Waals surface area contributed by atoms with Gasteiger partial charge in [0.1, 0.15) is 16.9 Å². The molecule has 0 spiro atoms. The number of thiophene rings is 1. The van der Waals surface area contributed by atoms with E-state index >= 15 is 0 Å². The van der Waals surface area contributed by atoms with Crippen molar-refractivity contribution in [1.29, 1.82) is 0 Å². The maximum atomic E-state index is 11.2. The summed E-state index contributed by atoms with van der Waals surface area (Å²) in [7, 11) is 0. The summed E-state index contributed by atoms with van der Waals surface area (Å²) in [6.45, 7) is 1.97. The third-order valence-electron chi connectivity index (χ3n) is 5.59. The number of hydrogen-bond donors (Lipinski definition) is 4. The topological polar surface area (TPSA) is 108 Å². The minimum Gasteiger partial charge on any atom is -0.351 e. The van der Waals surface area contributed by atoms with E-state index in [1.165, 1.54) is 0 Å². The number of hydrogen-bond acceptors (Lipinski definition) is 8. The molecule has 2 atom stereocenters. The number of carbonyl (C=O) groups is 1. The number of nitrogens with zero attached hydrogens (tertiary/aromatic N) is 3. The van der Waals surface area contributed by atoms with Crippen molar-refractivity contribution >= 4 is 45.4 Å². The Labute approximate surface area is 166 Å². The van der Waals surface area contributed by atoms with E-state index in [1.807, 2.05) is 24.4 Å². The lowest BCUT2D eigenvalue weighted by Gasteiger charge is -2.42. The molecule has 0 amide bonds. The molecule has 0 aromatic carbocycles. The molecule has 8 nitrogen and oxygen atoms in total. The smallest absolute Gasteiger partial charge is 0.226 e. The molecule has 0 saturated carbocycles. The second kappa shape index (κ2) is 7.14. The summed E-state index contributed by atoms with van der Waals surface area (Å²) in [4.78, 5) is 21.6. The van der Waals surface area contributed by atoms with Crippen molar-refractivity contribution < 1.29 is 4.79 Å². The van der Waals surface area contributed by atoms with Gasteiger partial charge in [0, 0.05) is 35.8 Å². The first-order valence-corrected chi connectivity index (χ1v) is 10.6. The number of aldehydes is 1. The van der Waals surface area contributed by atoms with Crippen molar-refractivity contribution in [3.05, 3.63) is 23.2 Å². The highest BCUT2D eigenvalue weighted by molar-refractivity contribution is 7.16. The predicted octanol–water partition coefficient (Wildman–Crippen LogP) is 2.98. The number of anilines is 3. The Kier molecular flexibility index (Phi) is 4.48. The fourth-order valence-corrected chi connectivity index (χ4v) is 5.20. The number of aryl methyl sites for hydroxylation is 1. The molecule has 5 heterocycles. The van der Waals surface area contributed by atoms with Crippen LogP contribution in [0, 0.1) is 12.8 Å². The van der Waals surface area contributed by atoms with Gasteiger partial charge in [0.25, 0.3) is 0 Å². The first-order chi connectivity index (χ1) is 13.7. The summed E-state index contributed by atoms with van der Waals surface area (Å²) in [6.07, 6.45) is 4.93. The Balaban J connectivity index is 1.37. The van der Waals surface area contributed by atoms with E-state index in [9.17, 15) is 4.79 Å². The zero-order chi connectivity index (χ0) is 19.1. The standard InChI is InChI=1S/C19H23N7OS/c1-10-4-16(26-25-10)22-17-15-2-3-28-18(15)24-19(23-17)21-14-7-12-5-11(9-27)6-13(8-14)20-12/h2-4,9,11-14,20H,5-8H2,1H3,(H3,21,22,23,24,25,26). The van der Waals surface area contributed by atoms with E-state index in [2.05, 4.69) is 26.1 Å². The van der Waals surface area contributed by atoms with E-state index in [0.29, 0.717) is 24.1 Å². The Bertz CT molecular complexity index is 985. The molecular weight excluding hydrogens is 374 g/mol. The first-order valence-electron chi connectivity index (χ1n) is 9.68. The summed E-state index contributed by atoms with van der Waals surface area (Å²) >= 11 is 1.60. The number of H-pyrrole nitrogens is 1. The molecule has 2 bridgehead atoms. The van der Waals surface area contributed by atoms with Gasteiger partial charge in [-0.15, -0.1) is 11.3 Å². The highest BCUT2D eigenvalue weighted by Gasteiger charge is 2.35. The molecular formula is C19H23N7OS. The van der Waals surface area contributed by atoms with Gasteiger partial charge in [-0.05, 0) is 44.1 Å². The molecule has 3 aromatic rings. The average molecular weight is 398 g/mol. The molecule has 0 radical (unpaired) electrons. The van der Waals surface area contributed by atoms with Gasteiger partial charge in [0.15, 0.2) is 5.82 Å². The molecule has 4 N–H and O–H groups in total. The lowest BCUT2D eigenvalue weighted by Crippen LogP contribution is -2.54. The largest absolute Gasteiger partial charge is 0.351 e. The lowest BCUT2D eigenvalue weighted by atomic mass is 9.79. The van der Waals surface area contributed by atoms with Gasteiger partial charge in [0.2, 0.25) is 5.95 Å². The molecule has 0 aliphatic carbocycles. The monoisotopic (exact) mass is 397 g/mol. The van der Waals surface area contributed by atoms with Crippen LogP contribution in [-0.2, 0) is 4.79 Å². The van der Waals surface area contributed by atoms with Crippen LogP contribution in [0.1, 0.15) is 31.4 Å². The maximum Gasteiger partial charge on any atom is 0.226 e. The van der Waals surface area contributed by atoms with Gasteiger partial charge in [-0.25, -0.2) is 4.98 Å². The third kappa shape index (κ3) is 3.47. The van der Waals surface area contributed by atoms with Crippen LogP contribution in [0.2, 0.25) is 0 Å². The first kappa shape index (κ1) is 17.6. The van der Waals surface area contributed by atoms with Crippen LogP contribution in [-0.4, -0.2) is 44.6 Å². The van der Waals surface area contributed by atoms with E-state index < -0.39 is 0 Å². The fourth-order valence-electron chi connectivity index (χ4n) is 4.44. The molecule has 2 unspecified atom stereocenters. The van der Waals surface area contributed by atoms with Crippen molar-refractivity contribution in [1.82, 2.24) is 25.5 Å². The predicted molar refractivity (Wildman–Crippen MR) is 110 cm³/mol. The van der Waals surface area contributed by atoms with Crippen molar-refractivity contribution in [3.63, 3.8) is 0 Å². The third-order valence-corrected chi connectivity index (χ3v) is 6.39. The molecule has 2 aliphatic heterocycles. The second-order valence-electron chi connectivity index (χ2n) is 7.84. The summed E-state index contributed by atoms with van der Waals surface area (Å²) < 4.78 is 0. The molecule has 3 aromatic heterocycles. The van der Waals surface area contributed by atoms with Gasteiger partial charge >= 0.3 is 0 Å². The lowest BCUT2D eigenvalue weighted by molar-refractivity contribution is -0.112. The van der Waals surface area contributed by atoms with Crippen molar-refractivity contribution in [2.45, 2.75) is 50.7 Å². The van der Waals surface area contributed by atoms with E-state index in [4.69, 9.17) is 9.97 Å². The summed E-state index contributed by atoms with van der Waals surface area (Å²) in [5.74, 6) is 2.34. The molecule has 5 rings (SSSR count). The minimum atomic E-state index is 0.198. The van der Waals surface area contributed by atoms with Gasteiger partial charge in [-0.2, -0.15) is 10.1 Å². The Morgan fingerprint density at radius 2 is 2.04 bits per heavy atom. The molecule has 2 fully saturated rings. The zero-order valence-electron chi connectivity index (χ0n) is 15.6. The Morgan fingerprint density at radius 1 is 1.21 bits per heavy atom. The molecule has 9 heteroatoms. The number of rotatable bonds is 5. The summed E-state index contributed by atoms with van der Waals surface area (Å²) in [6, 6.07) is 5.05. The van der Waals surface area contributed by atoms with Crippen LogP contribution in [0.3, 0.4) is 0 Å². The number of aromatic amines is 1. The van der Waals surface area contributed by atoms with Crippen LogP contribution in [0.25, 0.3) is 10.2 Å². The Morgan fingerprint density at radius 3 is 2.75 bits per heavy atom. The number of nitrogens with one attached hydrogen (secondary N) is 4. The van der Waals surface area contributed by atoms with Crippen molar-refractivity contribution in [2.24, 2.45) is 5.92 Å². The van der Waals surface area contributed by atoms with Crippen LogP contribution in [0.15, 0.2) is 17.5 Å². The van der Waals surface area contributed by atoms with Crippen LogP contribution >= 0.6 is 11.3 Å². The molecule has 2 saturated heterocycles. The van der Waals surface area contributed by atoms with Crippen LogP contribution in [0.4, 0.5) is 17.6 Å². The minimum absolute atomic E-state index is 0.198. The van der Waals surface area contributed by atoms with Crippen molar-refractivity contribution in [3.8, 4) is 0 Å². The highest BCUT2D eigenvalue weighted by atomic mass is 32.1. The molecule has 146 valence electrons. The van der Waals surface area contributed by atoms with E-state index in [-0.39, 0.29) is 5.92 Å². The normalized spacial score (nSPS) is 26.9. The van der Waals surface area contributed by atoms with Gasteiger partial charge < -0.3 is 20.7 Å². The maximum absolute atomic E-state index is 11.2. The van der Waals surface area contributed by atoms with Gasteiger partial charge in [-0.3, -0.25) is 5.10 Å². The van der Waals surface area contributed by atoms with Crippen LogP contribution < -0.4 is 16.0 Å². The molecule has 28 heavy (non-hydrogen) atoms. The fraction of sp³-hybridized carbons (Fsp3) is 0.474. The van der Waals surface area contributed by atoms with Crippen LogP contribution in [0.5, 0.6) is 0 Å². The number of aromatic nitrogens is 4. The SMILES string of the molecule is Cc1cc(Nc2nc(NC3CC4CC(C=O)CC(C3)N4)nc3sccc23)n[nH]1. The van der Waals surface area contributed by atoms with Crippen molar-refractivity contribution in [2.75, 3.05) is 10.6 Å². The van der Waals surface area contributed by atoms with E-state index in [1.54, 1.807) is 11.3 Å². The van der Waals surface area contributed by atoms with Gasteiger partial charge in [0.05, 0.1) is 5.39 Å². The quantitative estimate of drug-likeness (QED) is 0.490. The summed E-state index contributed by atoms with van der Waals surface area (Å²) in [5, 5.41) is 20.7. The van der Waals surface area contributed by atoms with Gasteiger partial charge in [-0.1, -0.05) is 0 Å². The summed E-state index contributed by atoms with van der Waals surface area (Å²) in [5.41, 5.74) is 0.992. The highest BCUT2D eigenvalue weighted by Crippen LogP contribution is 2.32. The number of piperidine rings is 2. The second-order valence-corrected chi connectivity index (χ2v) is 8.73.